The molecular formula is C3H5N3O3S. The van der Waals surface area contributed by atoms with Crippen molar-refractivity contribution < 1.29 is 13.0 Å². The number of H-pyrrole nitrogens is 1. The maximum absolute atomic E-state index is 10.1. The molecule has 0 amide bonds. The van der Waals surface area contributed by atoms with Crippen LogP contribution in [0.1, 0.15) is 0 Å². The summed E-state index contributed by atoms with van der Waals surface area (Å²) < 4.78 is 30.1. The van der Waals surface area contributed by atoms with Crippen molar-refractivity contribution in [3.8, 4) is 0 Å². The van der Waals surface area contributed by atoms with Crippen molar-refractivity contribution in [3.63, 3.8) is 0 Å². The summed E-state index contributed by atoms with van der Waals surface area (Å²) in [7, 11) is -4.18. The van der Waals surface area contributed by atoms with Gasteiger partial charge in [-0.1, -0.05) is 0 Å². The van der Waals surface area contributed by atoms with Crippen molar-refractivity contribution in [2.45, 2.75) is 0 Å². The minimum Gasteiger partial charge on any atom is -0.349 e. The quantitative estimate of drug-likeness (QED) is 0.518. The highest BCUT2D eigenvalue weighted by molar-refractivity contribution is 7.87. The van der Waals surface area contributed by atoms with E-state index in [2.05, 4.69) is 9.97 Å². The predicted molar refractivity (Wildman–Crippen MR) is 33.8 cm³/mol. The van der Waals surface area contributed by atoms with Crippen molar-refractivity contribution in [2.75, 3.05) is 4.72 Å². The molecule has 1 rings (SSSR count). The number of aromatic nitrogens is 2. The summed E-state index contributed by atoms with van der Waals surface area (Å²) in [5, 5.41) is 0. The summed E-state index contributed by atoms with van der Waals surface area (Å²) in [6.45, 7) is 0. The van der Waals surface area contributed by atoms with E-state index in [1.54, 1.807) is 4.72 Å². The lowest BCUT2D eigenvalue weighted by Crippen LogP contribution is -2.10. The molecule has 0 spiro atoms. The first-order valence-electron chi connectivity index (χ1n) is 2.32. The maximum Gasteiger partial charge on any atom is 0.358 e. The van der Waals surface area contributed by atoms with Gasteiger partial charge in [-0.3, -0.25) is 4.55 Å². The fraction of sp³-hybridized carbons (Fsp3) is 0. The van der Waals surface area contributed by atoms with Gasteiger partial charge in [-0.15, -0.1) is 0 Å². The fourth-order valence-electron chi connectivity index (χ4n) is 0.448. The number of nitrogens with zero attached hydrogens (tertiary/aromatic N) is 1. The van der Waals surface area contributed by atoms with Crippen LogP contribution in [0.4, 0.5) is 5.82 Å². The van der Waals surface area contributed by atoms with Gasteiger partial charge in [0.1, 0.15) is 0 Å². The molecule has 0 radical (unpaired) electrons. The van der Waals surface area contributed by atoms with Crippen LogP contribution in [-0.2, 0) is 10.3 Å². The second-order valence-corrected chi connectivity index (χ2v) is 2.69. The molecule has 0 unspecified atom stereocenters. The van der Waals surface area contributed by atoms with Gasteiger partial charge < -0.3 is 4.98 Å². The monoisotopic (exact) mass is 163 g/mol. The first-order chi connectivity index (χ1) is 4.58. The number of rotatable bonds is 2. The topological polar surface area (TPSA) is 95.1 Å². The molecular weight excluding hydrogens is 158 g/mol. The Morgan fingerprint density at radius 1 is 1.70 bits per heavy atom. The van der Waals surface area contributed by atoms with E-state index in [1.807, 2.05) is 0 Å². The standard InChI is InChI=1S/C3H5N3O3S/c7-10(8,9)6-3-1-4-2-5-3/h1-2,6H,(H,4,5)(H,7,8,9). The molecule has 0 aromatic carbocycles. The van der Waals surface area contributed by atoms with Crippen LogP contribution in [0.15, 0.2) is 12.5 Å². The first kappa shape index (κ1) is 7.03. The highest BCUT2D eigenvalue weighted by Gasteiger charge is 2.03. The first-order valence-corrected chi connectivity index (χ1v) is 3.76. The number of anilines is 1. The molecule has 0 atom stereocenters. The van der Waals surface area contributed by atoms with E-state index in [-0.39, 0.29) is 5.82 Å². The number of imidazole rings is 1. The maximum atomic E-state index is 10.1. The van der Waals surface area contributed by atoms with Crippen LogP contribution in [0.2, 0.25) is 0 Å². The van der Waals surface area contributed by atoms with Crippen molar-refractivity contribution in [2.24, 2.45) is 0 Å². The molecule has 0 saturated carbocycles. The lowest BCUT2D eigenvalue weighted by molar-refractivity contribution is 0.489. The van der Waals surface area contributed by atoms with Gasteiger partial charge in [0.05, 0.1) is 6.33 Å². The number of nitrogens with one attached hydrogen (secondary N) is 2. The molecule has 10 heavy (non-hydrogen) atoms. The molecule has 3 N–H and O–H groups in total. The molecule has 6 nitrogen and oxygen atoms in total. The van der Waals surface area contributed by atoms with E-state index < -0.39 is 10.3 Å². The summed E-state index contributed by atoms with van der Waals surface area (Å²) in [5.74, 6) is 0.0579. The molecule has 0 saturated heterocycles. The second-order valence-electron chi connectivity index (χ2n) is 1.53. The molecule has 0 aliphatic carbocycles. The van der Waals surface area contributed by atoms with Gasteiger partial charge >= 0.3 is 10.3 Å². The lowest BCUT2D eigenvalue weighted by Gasteiger charge is -1.93. The zero-order valence-corrected chi connectivity index (χ0v) is 5.59. The Hall–Kier alpha value is -1.08. The molecule has 1 aromatic rings. The van der Waals surface area contributed by atoms with Crippen LogP contribution in [0.3, 0.4) is 0 Å². The SMILES string of the molecule is O=S(=O)(O)Nc1c[nH]cn1. The van der Waals surface area contributed by atoms with E-state index in [4.69, 9.17) is 4.55 Å². The largest absolute Gasteiger partial charge is 0.358 e. The Balaban J connectivity index is 2.75. The number of hydrogen-bond donors (Lipinski definition) is 3. The van der Waals surface area contributed by atoms with Gasteiger partial charge in [0, 0.05) is 6.20 Å². The summed E-state index contributed by atoms with van der Waals surface area (Å²) in [5.41, 5.74) is 0. The highest BCUT2D eigenvalue weighted by Crippen LogP contribution is 1.98. The van der Waals surface area contributed by atoms with Crippen LogP contribution in [-0.4, -0.2) is 22.9 Å². The van der Waals surface area contributed by atoms with Crippen molar-refractivity contribution in [1.29, 1.82) is 0 Å². The third-order valence-electron chi connectivity index (χ3n) is 0.732. The number of hydrogen-bond acceptors (Lipinski definition) is 3. The van der Waals surface area contributed by atoms with Crippen LogP contribution < -0.4 is 4.72 Å². The average molecular weight is 163 g/mol. The zero-order chi connectivity index (χ0) is 7.61. The van der Waals surface area contributed by atoms with Gasteiger partial charge in [-0.2, -0.15) is 8.42 Å². The van der Waals surface area contributed by atoms with Gasteiger partial charge in [-0.25, -0.2) is 9.71 Å². The Bertz CT molecular complexity index is 289. The van der Waals surface area contributed by atoms with E-state index in [1.165, 1.54) is 12.5 Å². The van der Waals surface area contributed by atoms with E-state index in [0.29, 0.717) is 0 Å². The predicted octanol–water partition coefficient (Wildman–Crippen LogP) is -0.376. The van der Waals surface area contributed by atoms with Crippen LogP contribution >= 0.6 is 0 Å². The molecule has 0 aliphatic rings. The van der Waals surface area contributed by atoms with Gasteiger partial charge in [0.25, 0.3) is 0 Å². The van der Waals surface area contributed by atoms with Gasteiger partial charge in [0.2, 0.25) is 0 Å². The molecule has 0 bridgehead atoms. The fourth-order valence-corrected chi connectivity index (χ4v) is 0.824. The van der Waals surface area contributed by atoms with Gasteiger partial charge in [-0.05, 0) is 0 Å². The summed E-state index contributed by atoms with van der Waals surface area (Å²) in [6, 6.07) is 0. The highest BCUT2D eigenvalue weighted by atomic mass is 32.2. The van der Waals surface area contributed by atoms with E-state index in [9.17, 15) is 8.42 Å². The Morgan fingerprint density at radius 3 is 2.80 bits per heavy atom. The molecule has 1 heterocycles. The minimum absolute atomic E-state index is 0.0579. The van der Waals surface area contributed by atoms with Crippen LogP contribution in [0.5, 0.6) is 0 Å². The third kappa shape index (κ3) is 2.03. The summed E-state index contributed by atoms with van der Waals surface area (Å²) in [4.78, 5) is 6.00. The lowest BCUT2D eigenvalue weighted by atomic mass is 10.8. The zero-order valence-electron chi connectivity index (χ0n) is 4.77. The second kappa shape index (κ2) is 2.27. The van der Waals surface area contributed by atoms with Crippen molar-refractivity contribution in [3.05, 3.63) is 12.5 Å². The smallest absolute Gasteiger partial charge is 0.349 e. The van der Waals surface area contributed by atoms with Crippen LogP contribution in [0, 0.1) is 0 Å². The Morgan fingerprint density at radius 2 is 2.40 bits per heavy atom. The Kier molecular flexibility index (Phi) is 1.60. The molecule has 0 aliphatic heterocycles. The molecule has 56 valence electrons. The normalized spacial score (nSPS) is 11.3. The summed E-state index contributed by atoms with van der Waals surface area (Å²) in [6.07, 6.45) is 2.58. The molecule has 7 heteroatoms. The van der Waals surface area contributed by atoms with E-state index >= 15 is 0 Å². The molecule has 0 fully saturated rings. The number of aromatic amines is 1. The van der Waals surface area contributed by atoms with Crippen LogP contribution in [0.25, 0.3) is 0 Å². The minimum atomic E-state index is -4.18. The van der Waals surface area contributed by atoms with Crippen molar-refractivity contribution >= 4 is 16.1 Å². The average Bonchev–Trinajstić information content (AvgIpc) is 2.12. The summed E-state index contributed by atoms with van der Waals surface area (Å²) >= 11 is 0. The van der Waals surface area contributed by atoms with E-state index in [0.717, 1.165) is 0 Å². The molecule has 1 aromatic heterocycles. The third-order valence-corrected chi connectivity index (χ3v) is 1.20. The Labute approximate surface area is 57.2 Å². The van der Waals surface area contributed by atoms with Gasteiger partial charge in [0.15, 0.2) is 5.82 Å². The van der Waals surface area contributed by atoms with Crippen molar-refractivity contribution in [1.82, 2.24) is 9.97 Å².